The number of benzene rings is 2. The Kier molecular flexibility index (Phi) is 4.17. The highest BCUT2D eigenvalue weighted by atomic mass is 79.9. The van der Waals surface area contributed by atoms with Crippen molar-refractivity contribution in [1.82, 2.24) is 0 Å². The molecule has 2 N–H and O–H groups in total. The second-order valence-electron chi connectivity index (χ2n) is 3.99. The predicted octanol–water partition coefficient (Wildman–Crippen LogP) is 4.32. The van der Waals surface area contributed by atoms with Gasteiger partial charge in [0.05, 0.1) is 5.56 Å². The topological polar surface area (TPSA) is 35.2 Å². The normalized spacial score (nSPS) is 10.3. The first-order valence-corrected chi connectivity index (χ1v) is 6.71. The first-order valence-electron chi connectivity index (χ1n) is 5.51. The van der Waals surface area contributed by atoms with Gasteiger partial charge in [-0.1, -0.05) is 40.3 Å². The van der Waals surface area contributed by atoms with Crippen molar-refractivity contribution in [2.45, 2.75) is 6.92 Å². The van der Waals surface area contributed by atoms with E-state index in [1.54, 1.807) is 43.3 Å². The molecule has 2 aromatic rings. The van der Waals surface area contributed by atoms with Crippen LogP contribution >= 0.6 is 28.1 Å². The molecule has 2 aromatic carbocycles. The molecule has 0 heterocycles. The summed E-state index contributed by atoms with van der Waals surface area (Å²) in [4.78, 5) is 0.204. The van der Waals surface area contributed by atoms with Crippen molar-refractivity contribution in [3.05, 3.63) is 57.8 Å². The van der Waals surface area contributed by atoms with Gasteiger partial charge >= 0.3 is 0 Å². The van der Waals surface area contributed by atoms with E-state index in [4.69, 9.17) is 22.7 Å². The summed E-state index contributed by atoms with van der Waals surface area (Å²) in [7, 11) is 0. The SMILES string of the molecule is Cc1cccc(Oc2cc(Br)ccc2C(N)=S)c1F. The Balaban J connectivity index is 2.45. The van der Waals surface area contributed by atoms with Gasteiger partial charge in [0.15, 0.2) is 11.6 Å². The summed E-state index contributed by atoms with van der Waals surface area (Å²) in [5.41, 5.74) is 6.72. The summed E-state index contributed by atoms with van der Waals surface area (Å²) in [6.45, 7) is 1.68. The molecule has 5 heteroatoms. The number of aryl methyl sites for hydroxylation is 1. The molecule has 0 saturated carbocycles. The molecular formula is C14H11BrFNOS. The van der Waals surface area contributed by atoms with Crippen LogP contribution in [0.15, 0.2) is 40.9 Å². The molecule has 0 amide bonds. The van der Waals surface area contributed by atoms with E-state index < -0.39 is 5.82 Å². The second kappa shape index (κ2) is 5.67. The van der Waals surface area contributed by atoms with Crippen LogP contribution in [0.1, 0.15) is 11.1 Å². The van der Waals surface area contributed by atoms with E-state index in [2.05, 4.69) is 15.9 Å². The Morgan fingerprint density at radius 1 is 1.26 bits per heavy atom. The lowest BCUT2D eigenvalue weighted by Gasteiger charge is -2.12. The van der Waals surface area contributed by atoms with Gasteiger partial charge in [-0.2, -0.15) is 0 Å². The zero-order chi connectivity index (χ0) is 14.0. The van der Waals surface area contributed by atoms with Crippen LogP contribution in [0.4, 0.5) is 4.39 Å². The van der Waals surface area contributed by atoms with Gasteiger partial charge in [0.1, 0.15) is 10.7 Å². The first kappa shape index (κ1) is 14.0. The zero-order valence-electron chi connectivity index (χ0n) is 10.1. The molecule has 0 atom stereocenters. The highest BCUT2D eigenvalue weighted by Crippen LogP contribution is 2.31. The third-order valence-electron chi connectivity index (χ3n) is 2.59. The van der Waals surface area contributed by atoms with E-state index in [1.165, 1.54) is 0 Å². The lowest BCUT2D eigenvalue weighted by molar-refractivity contribution is 0.439. The fraction of sp³-hybridized carbons (Fsp3) is 0.0714. The first-order chi connectivity index (χ1) is 8.99. The number of hydrogen-bond donors (Lipinski definition) is 1. The highest BCUT2D eigenvalue weighted by Gasteiger charge is 2.12. The van der Waals surface area contributed by atoms with E-state index >= 15 is 0 Å². The van der Waals surface area contributed by atoms with Gasteiger partial charge in [-0.25, -0.2) is 4.39 Å². The molecule has 0 bridgehead atoms. The molecular weight excluding hydrogens is 329 g/mol. The van der Waals surface area contributed by atoms with Crippen LogP contribution in [0.3, 0.4) is 0 Å². The Morgan fingerprint density at radius 3 is 2.68 bits per heavy atom. The van der Waals surface area contributed by atoms with Crippen molar-refractivity contribution in [2.24, 2.45) is 5.73 Å². The quantitative estimate of drug-likeness (QED) is 0.845. The van der Waals surface area contributed by atoms with Gasteiger partial charge < -0.3 is 10.5 Å². The van der Waals surface area contributed by atoms with Gasteiger partial charge in [0.2, 0.25) is 0 Å². The lowest BCUT2D eigenvalue weighted by Crippen LogP contribution is -2.10. The predicted molar refractivity (Wildman–Crippen MR) is 81.2 cm³/mol. The number of halogens is 2. The van der Waals surface area contributed by atoms with Crippen LogP contribution in [-0.4, -0.2) is 4.99 Å². The maximum Gasteiger partial charge on any atom is 0.168 e. The Bertz CT molecular complexity index is 645. The maximum absolute atomic E-state index is 13.9. The molecule has 0 unspecified atom stereocenters. The summed E-state index contributed by atoms with van der Waals surface area (Å²) >= 11 is 8.29. The van der Waals surface area contributed by atoms with Crippen molar-refractivity contribution in [2.75, 3.05) is 0 Å². The molecule has 0 aliphatic heterocycles. The summed E-state index contributed by atoms with van der Waals surface area (Å²) in [6, 6.07) is 10.2. The van der Waals surface area contributed by atoms with Crippen molar-refractivity contribution < 1.29 is 9.13 Å². The van der Waals surface area contributed by atoms with E-state index in [1.807, 2.05) is 0 Å². The number of hydrogen-bond acceptors (Lipinski definition) is 2. The van der Waals surface area contributed by atoms with Gasteiger partial charge in [0, 0.05) is 4.47 Å². The molecule has 0 radical (unpaired) electrons. The molecule has 2 rings (SSSR count). The molecule has 0 fully saturated rings. The van der Waals surface area contributed by atoms with Gasteiger partial charge in [-0.05, 0) is 36.8 Å². The average Bonchev–Trinajstić information content (AvgIpc) is 2.35. The molecule has 0 aliphatic carbocycles. The monoisotopic (exact) mass is 339 g/mol. The van der Waals surface area contributed by atoms with Crippen LogP contribution in [0.2, 0.25) is 0 Å². The standard InChI is InChI=1S/C14H11BrFNOS/c1-8-3-2-4-11(13(8)16)18-12-7-9(15)5-6-10(12)14(17)19/h2-7H,1H3,(H2,17,19). The average molecular weight is 340 g/mol. The van der Waals surface area contributed by atoms with Crippen molar-refractivity contribution >= 4 is 33.1 Å². The fourth-order valence-electron chi connectivity index (χ4n) is 1.60. The molecule has 0 aromatic heterocycles. The van der Waals surface area contributed by atoms with Crippen molar-refractivity contribution in [3.63, 3.8) is 0 Å². The molecule has 2 nitrogen and oxygen atoms in total. The summed E-state index contributed by atoms with van der Waals surface area (Å²) in [5.74, 6) is 0.179. The Labute approximate surface area is 124 Å². The van der Waals surface area contributed by atoms with Crippen molar-refractivity contribution in [1.29, 1.82) is 0 Å². The molecule has 0 saturated heterocycles. The molecule has 0 aliphatic rings. The van der Waals surface area contributed by atoms with Crippen LogP contribution in [-0.2, 0) is 0 Å². The van der Waals surface area contributed by atoms with Gasteiger partial charge in [0.25, 0.3) is 0 Å². The number of ether oxygens (including phenoxy) is 1. The molecule has 19 heavy (non-hydrogen) atoms. The molecule has 98 valence electrons. The number of thiocarbonyl (C=S) groups is 1. The smallest absolute Gasteiger partial charge is 0.168 e. The third kappa shape index (κ3) is 3.11. The Hall–Kier alpha value is -1.46. The summed E-state index contributed by atoms with van der Waals surface area (Å²) in [5, 5.41) is 0. The van der Waals surface area contributed by atoms with Crippen LogP contribution in [0, 0.1) is 12.7 Å². The van der Waals surface area contributed by atoms with E-state index in [-0.39, 0.29) is 10.7 Å². The van der Waals surface area contributed by atoms with E-state index in [0.29, 0.717) is 16.9 Å². The van der Waals surface area contributed by atoms with Crippen LogP contribution < -0.4 is 10.5 Å². The number of rotatable bonds is 3. The van der Waals surface area contributed by atoms with Gasteiger partial charge in [-0.15, -0.1) is 0 Å². The lowest BCUT2D eigenvalue weighted by atomic mass is 10.2. The summed E-state index contributed by atoms with van der Waals surface area (Å²) in [6.07, 6.45) is 0. The zero-order valence-corrected chi connectivity index (χ0v) is 12.5. The van der Waals surface area contributed by atoms with E-state index in [9.17, 15) is 4.39 Å². The second-order valence-corrected chi connectivity index (χ2v) is 5.35. The Morgan fingerprint density at radius 2 is 2.00 bits per heavy atom. The van der Waals surface area contributed by atoms with E-state index in [0.717, 1.165) is 4.47 Å². The summed E-state index contributed by atoms with van der Waals surface area (Å²) < 4.78 is 20.3. The minimum atomic E-state index is -0.392. The third-order valence-corrected chi connectivity index (χ3v) is 3.30. The molecule has 0 spiro atoms. The van der Waals surface area contributed by atoms with Gasteiger partial charge in [-0.3, -0.25) is 0 Å². The van der Waals surface area contributed by atoms with Crippen LogP contribution in [0.25, 0.3) is 0 Å². The minimum Gasteiger partial charge on any atom is -0.453 e. The fourth-order valence-corrected chi connectivity index (χ4v) is 2.11. The maximum atomic E-state index is 13.9. The van der Waals surface area contributed by atoms with Crippen LogP contribution in [0.5, 0.6) is 11.5 Å². The largest absolute Gasteiger partial charge is 0.453 e. The van der Waals surface area contributed by atoms with Crippen molar-refractivity contribution in [3.8, 4) is 11.5 Å². The number of nitrogens with two attached hydrogens (primary N) is 1. The highest BCUT2D eigenvalue weighted by molar-refractivity contribution is 9.10. The minimum absolute atomic E-state index is 0.149.